The fourth-order valence-electron chi connectivity index (χ4n) is 5.81. The van der Waals surface area contributed by atoms with E-state index in [4.69, 9.17) is 9.31 Å². The molecule has 3 nitrogen and oxygen atoms in total. The summed E-state index contributed by atoms with van der Waals surface area (Å²) in [4.78, 5) is 2.33. The molecule has 1 saturated heterocycles. The Hall–Kier alpha value is -4.64. The van der Waals surface area contributed by atoms with Gasteiger partial charge < -0.3 is 14.2 Å². The Morgan fingerprint density at radius 3 is 1.41 bits per heavy atom. The van der Waals surface area contributed by atoms with Gasteiger partial charge in [-0.2, -0.15) is 0 Å². The van der Waals surface area contributed by atoms with E-state index in [2.05, 4.69) is 178 Å². The monoisotopic (exact) mass is 573 g/mol. The van der Waals surface area contributed by atoms with E-state index in [-0.39, 0.29) is 18.3 Å². The minimum Gasteiger partial charge on any atom is -0.399 e. The molecule has 0 saturated carbocycles. The van der Waals surface area contributed by atoms with E-state index < -0.39 is 0 Å². The summed E-state index contributed by atoms with van der Waals surface area (Å²) in [6, 6.07) is 51.9. The van der Waals surface area contributed by atoms with Crippen LogP contribution in [0.4, 0.5) is 17.1 Å². The minimum atomic E-state index is -0.361. The topological polar surface area (TPSA) is 21.7 Å². The molecule has 0 bridgehead atoms. The van der Waals surface area contributed by atoms with Gasteiger partial charge in [-0.25, -0.2) is 0 Å². The van der Waals surface area contributed by atoms with Crippen molar-refractivity contribution >= 4 is 40.4 Å². The molecule has 0 atom stereocenters. The molecule has 1 heterocycles. The molecule has 0 spiro atoms. The molecule has 0 radical (unpaired) electrons. The van der Waals surface area contributed by atoms with Crippen molar-refractivity contribution in [2.75, 3.05) is 4.90 Å². The van der Waals surface area contributed by atoms with Gasteiger partial charge in [-0.3, -0.25) is 0 Å². The van der Waals surface area contributed by atoms with Crippen LogP contribution in [0, 0.1) is 0 Å². The molecule has 7 rings (SSSR count). The Balaban J connectivity index is 1.20. The number of hydrogen-bond donors (Lipinski definition) is 0. The van der Waals surface area contributed by atoms with Crippen LogP contribution in [-0.2, 0) is 9.31 Å². The maximum absolute atomic E-state index is 6.25. The summed E-state index contributed by atoms with van der Waals surface area (Å²) in [5.41, 5.74) is 8.38. The molecular formula is C40H36BNO2. The molecule has 0 aromatic heterocycles. The van der Waals surface area contributed by atoms with Gasteiger partial charge in [-0.05, 0) is 103 Å². The molecule has 44 heavy (non-hydrogen) atoms. The van der Waals surface area contributed by atoms with E-state index in [9.17, 15) is 0 Å². The van der Waals surface area contributed by atoms with E-state index in [1.54, 1.807) is 0 Å². The first-order valence-corrected chi connectivity index (χ1v) is 15.3. The number of fused-ring (bicyclic) bond motifs is 1. The standard InChI is InChI=1S/C40H36BNO2/c1-39(2)40(3,4)44-41(43-39)35-21-14-31(15-22-35)33-18-25-37(26-19-33)42(38-27-20-30-12-8-9-13-34(30)28-38)36-23-16-32(17-24-36)29-10-6-5-7-11-29/h5-28H,1-4H3. The van der Waals surface area contributed by atoms with Crippen LogP contribution in [0.15, 0.2) is 146 Å². The quantitative estimate of drug-likeness (QED) is 0.185. The van der Waals surface area contributed by atoms with Crippen LogP contribution >= 0.6 is 0 Å². The first kappa shape index (κ1) is 28.2. The lowest BCUT2D eigenvalue weighted by atomic mass is 9.78. The van der Waals surface area contributed by atoms with Crippen molar-refractivity contribution in [2.24, 2.45) is 0 Å². The third kappa shape index (κ3) is 5.32. The largest absolute Gasteiger partial charge is 0.494 e. The van der Waals surface area contributed by atoms with Crippen LogP contribution in [0.1, 0.15) is 27.7 Å². The Morgan fingerprint density at radius 2 is 0.864 bits per heavy atom. The lowest BCUT2D eigenvalue weighted by Gasteiger charge is -2.32. The highest BCUT2D eigenvalue weighted by atomic mass is 16.7. The van der Waals surface area contributed by atoms with E-state index >= 15 is 0 Å². The summed E-state index contributed by atoms with van der Waals surface area (Å²) in [6.45, 7) is 8.34. The third-order valence-corrected chi connectivity index (χ3v) is 9.12. The maximum atomic E-state index is 6.25. The average Bonchev–Trinajstić information content (AvgIpc) is 3.28. The van der Waals surface area contributed by atoms with E-state index in [1.165, 1.54) is 21.9 Å². The Labute approximate surface area is 260 Å². The first-order valence-electron chi connectivity index (χ1n) is 15.3. The average molecular weight is 574 g/mol. The fraction of sp³-hybridized carbons (Fsp3) is 0.150. The van der Waals surface area contributed by atoms with Crippen molar-refractivity contribution in [1.29, 1.82) is 0 Å². The Kier molecular flexibility index (Phi) is 7.12. The molecule has 6 aromatic rings. The third-order valence-electron chi connectivity index (χ3n) is 9.12. The number of hydrogen-bond acceptors (Lipinski definition) is 3. The van der Waals surface area contributed by atoms with Gasteiger partial charge in [0.1, 0.15) is 0 Å². The lowest BCUT2D eigenvalue weighted by Crippen LogP contribution is -2.41. The molecular weight excluding hydrogens is 537 g/mol. The molecule has 6 aromatic carbocycles. The molecule has 4 heteroatoms. The summed E-state index contributed by atoms with van der Waals surface area (Å²) >= 11 is 0. The Morgan fingerprint density at radius 1 is 0.432 bits per heavy atom. The number of nitrogens with zero attached hydrogens (tertiary/aromatic N) is 1. The zero-order valence-electron chi connectivity index (χ0n) is 25.7. The molecule has 216 valence electrons. The zero-order chi connectivity index (χ0) is 30.3. The van der Waals surface area contributed by atoms with Gasteiger partial charge in [0.15, 0.2) is 0 Å². The second-order valence-corrected chi connectivity index (χ2v) is 12.5. The highest BCUT2D eigenvalue weighted by Gasteiger charge is 2.51. The van der Waals surface area contributed by atoms with Gasteiger partial charge in [0, 0.05) is 17.1 Å². The summed E-state index contributed by atoms with van der Waals surface area (Å²) in [6.07, 6.45) is 0. The molecule has 1 aliphatic rings. The van der Waals surface area contributed by atoms with Crippen LogP contribution in [0.25, 0.3) is 33.0 Å². The van der Waals surface area contributed by atoms with E-state index in [1.807, 2.05) is 0 Å². The van der Waals surface area contributed by atoms with Crippen molar-refractivity contribution in [3.8, 4) is 22.3 Å². The van der Waals surface area contributed by atoms with Crippen molar-refractivity contribution in [1.82, 2.24) is 0 Å². The van der Waals surface area contributed by atoms with Gasteiger partial charge in [-0.1, -0.05) is 109 Å². The van der Waals surface area contributed by atoms with Crippen molar-refractivity contribution in [3.05, 3.63) is 146 Å². The molecule has 0 amide bonds. The van der Waals surface area contributed by atoms with Crippen molar-refractivity contribution < 1.29 is 9.31 Å². The van der Waals surface area contributed by atoms with Gasteiger partial charge in [0.25, 0.3) is 0 Å². The number of anilines is 3. The van der Waals surface area contributed by atoms with Gasteiger partial charge in [-0.15, -0.1) is 0 Å². The fourth-order valence-corrected chi connectivity index (χ4v) is 5.81. The lowest BCUT2D eigenvalue weighted by molar-refractivity contribution is 0.00578. The second kappa shape index (κ2) is 11.1. The normalized spacial score (nSPS) is 15.4. The van der Waals surface area contributed by atoms with Crippen LogP contribution in [-0.4, -0.2) is 18.3 Å². The predicted octanol–water partition coefficient (Wildman–Crippen LogP) is 9.94. The van der Waals surface area contributed by atoms with Crippen LogP contribution in [0.5, 0.6) is 0 Å². The Bertz CT molecular complexity index is 1880. The van der Waals surface area contributed by atoms with Crippen LogP contribution in [0.2, 0.25) is 0 Å². The number of benzene rings is 6. The smallest absolute Gasteiger partial charge is 0.399 e. The molecule has 1 fully saturated rings. The highest BCUT2D eigenvalue weighted by Crippen LogP contribution is 2.39. The molecule has 0 unspecified atom stereocenters. The first-order chi connectivity index (χ1) is 21.3. The minimum absolute atomic E-state index is 0.356. The van der Waals surface area contributed by atoms with Crippen molar-refractivity contribution in [3.63, 3.8) is 0 Å². The van der Waals surface area contributed by atoms with E-state index in [0.717, 1.165) is 33.7 Å². The molecule has 0 aliphatic carbocycles. The molecule has 0 N–H and O–H groups in total. The maximum Gasteiger partial charge on any atom is 0.494 e. The predicted molar refractivity (Wildman–Crippen MR) is 185 cm³/mol. The SMILES string of the molecule is CC1(C)OB(c2ccc(-c3ccc(N(c4ccc(-c5ccccc5)cc4)c4ccc5ccccc5c4)cc3)cc2)OC1(C)C. The summed E-state index contributed by atoms with van der Waals surface area (Å²) in [5.74, 6) is 0. The summed E-state index contributed by atoms with van der Waals surface area (Å²) in [5, 5.41) is 2.45. The van der Waals surface area contributed by atoms with Gasteiger partial charge in [0.05, 0.1) is 11.2 Å². The molecule has 1 aliphatic heterocycles. The highest BCUT2D eigenvalue weighted by molar-refractivity contribution is 6.62. The summed E-state index contributed by atoms with van der Waals surface area (Å²) < 4.78 is 12.5. The van der Waals surface area contributed by atoms with Gasteiger partial charge in [0.2, 0.25) is 0 Å². The number of rotatable bonds is 6. The second-order valence-electron chi connectivity index (χ2n) is 12.5. The zero-order valence-corrected chi connectivity index (χ0v) is 25.7. The van der Waals surface area contributed by atoms with Crippen LogP contribution in [0.3, 0.4) is 0 Å². The van der Waals surface area contributed by atoms with Gasteiger partial charge >= 0.3 is 7.12 Å². The van der Waals surface area contributed by atoms with E-state index in [0.29, 0.717) is 0 Å². The van der Waals surface area contributed by atoms with Crippen molar-refractivity contribution in [2.45, 2.75) is 38.9 Å². The van der Waals surface area contributed by atoms with Crippen LogP contribution < -0.4 is 10.4 Å². The summed E-state index contributed by atoms with van der Waals surface area (Å²) in [7, 11) is -0.361.